The number of aliphatic hydroxyl groups is 1. The van der Waals surface area contributed by atoms with Gasteiger partial charge in [0.1, 0.15) is 0 Å². The van der Waals surface area contributed by atoms with Crippen LogP contribution in [-0.2, 0) is 9.47 Å². The standard InChI is InChI=1S/C14H29NO3/c1-3-17-14(18-4-2)8-11-15-10-6-5-7-13(15)9-12-16/h13-14,16H,3-12H2,1-2H3. The SMILES string of the molecule is CCOC(CCN1CCCCC1CCO)OCC. The lowest BCUT2D eigenvalue weighted by molar-refractivity contribution is -0.143. The molecule has 1 aliphatic heterocycles. The van der Waals surface area contributed by atoms with Crippen molar-refractivity contribution < 1.29 is 14.6 Å². The van der Waals surface area contributed by atoms with E-state index in [0.29, 0.717) is 25.9 Å². The van der Waals surface area contributed by atoms with Crippen molar-refractivity contribution in [3.8, 4) is 0 Å². The molecule has 1 fully saturated rings. The van der Waals surface area contributed by atoms with E-state index in [1.54, 1.807) is 0 Å². The van der Waals surface area contributed by atoms with E-state index in [1.807, 2.05) is 13.8 Å². The summed E-state index contributed by atoms with van der Waals surface area (Å²) in [6, 6.07) is 0.549. The molecule has 1 N–H and O–H groups in total. The van der Waals surface area contributed by atoms with Crippen molar-refractivity contribution in [3.05, 3.63) is 0 Å². The second-order valence-electron chi connectivity index (χ2n) is 4.83. The molecule has 0 aliphatic carbocycles. The highest BCUT2D eigenvalue weighted by molar-refractivity contribution is 4.76. The minimum atomic E-state index is -0.0725. The van der Waals surface area contributed by atoms with Crippen LogP contribution in [-0.4, -0.2) is 55.2 Å². The third-order valence-electron chi connectivity index (χ3n) is 3.57. The molecular formula is C14H29NO3. The first-order valence-corrected chi connectivity index (χ1v) is 7.39. The Balaban J connectivity index is 2.33. The number of nitrogens with zero attached hydrogens (tertiary/aromatic N) is 1. The molecule has 1 heterocycles. The Morgan fingerprint density at radius 2 is 1.94 bits per heavy atom. The van der Waals surface area contributed by atoms with Gasteiger partial charge in [0.25, 0.3) is 0 Å². The number of aliphatic hydroxyl groups excluding tert-OH is 1. The number of ether oxygens (including phenoxy) is 2. The van der Waals surface area contributed by atoms with Gasteiger partial charge in [-0.25, -0.2) is 0 Å². The van der Waals surface area contributed by atoms with Crippen molar-refractivity contribution in [2.75, 3.05) is 32.9 Å². The van der Waals surface area contributed by atoms with Crippen LogP contribution < -0.4 is 0 Å². The predicted octanol–water partition coefficient (Wildman–Crippen LogP) is 2.01. The van der Waals surface area contributed by atoms with Crippen LogP contribution in [0.3, 0.4) is 0 Å². The third-order valence-corrected chi connectivity index (χ3v) is 3.57. The van der Waals surface area contributed by atoms with Crippen molar-refractivity contribution in [3.63, 3.8) is 0 Å². The molecule has 4 heteroatoms. The van der Waals surface area contributed by atoms with E-state index in [0.717, 1.165) is 25.9 Å². The average Bonchev–Trinajstić information content (AvgIpc) is 2.38. The number of rotatable bonds is 9. The van der Waals surface area contributed by atoms with E-state index < -0.39 is 0 Å². The zero-order valence-corrected chi connectivity index (χ0v) is 11.9. The number of hydrogen-bond donors (Lipinski definition) is 1. The van der Waals surface area contributed by atoms with Crippen molar-refractivity contribution in [2.24, 2.45) is 0 Å². The molecule has 0 amide bonds. The summed E-state index contributed by atoms with van der Waals surface area (Å²) in [6.07, 6.45) is 5.53. The third kappa shape index (κ3) is 5.65. The molecule has 0 spiro atoms. The summed E-state index contributed by atoms with van der Waals surface area (Å²) in [5, 5.41) is 9.11. The van der Waals surface area contributed by atoms with E-state index in [-0.39, 0.29) is 6.29 Å². The molecule has 18 heavy (non-hydrogen) atoms. The van der Waals surface area contributed by atoms with Crippen LogP contribution in [0.1, 0.15) is 46.0 Å². The molecule has 1 atom stereocenters. The molecule has 0 aromatic heterocycles. The lowest BCUT2D eigenvalue weighted by Crippen LogP contribution is -2.41. The minimum absolute atomic E-state index is 0.0725. The van der Waals surface area contributed by atoms with Crippen molar-refractivity contribution in [2.45, 2.75) is 58.3 Å². The predicted molar refractivity (Wildman–Crippen MR) is 72.6 cm³/mol. The van der Waals surface area contributed by atoms with E-state index >= 15 is 0 Å². The zero-order valence-electron chi connectivity index (χ0n) is 11.9. The monoisotopic (exact) mass is 259 g/mol. The number of hydrogen-bond acceptors (Lipinski definition) is 4. The van der Waals surface area contributed by atoms with Gasteiger partial charge < -0.3 is 19.5 Å². The van der Waals surface area contributed by atoms with Gasteiger partial charge >= 0.3 is 0 Å². The Morgan fingerprint density at radius 3 is 2.56 bits per heavy atom. The van der Waals surface area contributed by atoms with Gasteiger partial charge in [-0.1, -0.05) is 6.42 Å². The van der Waals surface area contributed by atoms with Crippen molar-refractivity contribution in [1.82, 2.24) is 4.90 Å². The summed E-state index contributed by atoms with van der Waals surface area (Å²) >= 11 is 0. The Labute approximate surface area is 111 Å². The first kappa shape index (κ1) is 15.9. The molecule has 1 saturated heterocycles. The molecule has 0 aromatic rings. The fraction of sp³-hybridized carbons (Fsp3) is 1.00. The molecular weight excluding hydrogens is 230 g/mol. The first-order chi connectivity index (χ1) is 8.81. The molecule has 1 aliphatic rings. The van der Waals surface area contributed by atoms with Gasteiger partial charge in [-0.15, -0.1) is 0 Å². The van der Waals surface area contributed by atoms with E-state index in [1.165, 1.54) is 19.3 Å². The second kappa shape index (κ2) is 9.73. The lowest BCUT2D eigenvalue weighted by Gasteiger charge is -2.36. The lowest BCUT2D eigenvalue weighted by atomic mass is 9.99. The summed E-state index contributed by atoms with van der Waals surface area (Å²) in [4.78, 5) is 2.49. The number of likely N-dealkylation sites (tertiary alicyclic amines) is 1. The van der Waals surface area contributed by atoms with Crippen LogP contribution in [0.4, 0.5) is 0 Å². The Bertz CT molecular complexity index is 193. The highest BCUT2D eigenvalue weighted by Gasteiger charge is 2.22. The molecule has 0 aromatic carbocycles. The van der Waals surface area contributed by atoms with Gasteiger partial charge in [0, 0.05) is 38.8 Å². The highest BCUT2D eigenvalue weighted by atomic mass is 16.7. The summed E-state index contributed by atoms with van der Waals surface area (Å²) in [7, 11) is 0. The van der Waals surface area contributed by atoms with Crippen LogP contribution in [0.25, 0.3) is 0 Å². The van der Waals surface area contributed by atoms with Crippen LogP contribution in [0.2, 0.25) is 0 Å². The van der Waals surface area contributed by atoms with Crippen LogP contribution >= 0.6 is 0 Å². The van der Waals surface area contributed by atoms with E-state index in [2.05, 4.69) is 4.90 Å². The second-order valence-corrected chi connectivity index (χ2v) is 4.83. The van der Waals surface area contributed by atoms with Crippen molar-refractivity contribution in [1.29, 1.82) is 0 Å². The Morgan fingerprint density at radius 1 is 1.22 bits per heavy atom. The smallest absolute Gasteiger partial charge is 0.158 e. The van der Waals surface area contributed by atoms with Crippen LogP contribution in [0.5, 0.6) is 0 Å². The number of piperidine rings is 1. The molecule has 0 saturated carbocycles. The molecule has 108 valence electrons. The van der Waals surface area contributed by atoms with E-state index in [9.17, 15) is 0 Å². The van der Waals surface area contributed by atoms with Gasteiger partial charge in [-0.05, 0) is 39.7 Å². The fourth-order valence-corrected chi connectivity index (χ4v) is 2.69. The van der Waals surface area contributed by atoms with Crippen LogP contribution in [0, 0.1) is 0 Å². The van der Waals surface area contributed by atoms with Crippen molar-refractivity contribution >= 4 is 0 Å². The fourth-order valence-electron chi connectivity index (χ4n) is 2.69. The molecule has 0 radical (unpaired) electrons. The zero-order chi connectivity index (χ0) is 13.2. The summed E-state index contributed by atoms with van der Waals surface area (Å²) in [5.41, 5.74) is 0. The van der Waals surface area contributed by atoms with Gasteiger partial charge in [0.2, 0.25) is 0 Å². The maximum atomic E-state index is 9.11. The summed E-state index contributed by atoms with van der Waals surface area (Å²) in [6.45, 7) is 7.85. The normalized spacial score (nSPS) is 21.7. The van der Waals surface area contributed by atoms with Gasteiger partial charge in [-0.2, -0.15) is 0 Å². The minimum Gasteiger partial charge on any atom is -0.396 e. The first-order valence-electron chi connectivity index (χ1n) is 7.39. The molecule has 4 nitrogen and oxygen atoms in total. The summed E-state index contributed by atoms with van der Waals surface area (Å²) in [5.74, 6) is 0. The average molecular weight is 259 g/mol. The highest BCUT2D eigenvalue weighted by Crippen LogP contribution is 2.20. The topological polar surface area (TPSA) is 41.9 Å². The maximum absolute atomic E-state index is 9.11. The quantitative estimate of drug-likeness (QED) is 0.643. The van der Waals surface area contributed by atoms with Gasteiger partial charge in [-0.3, -0.25) is 0 Å². The van der Waals surface area contributed by atoms with Gasteiger partial charge in [0.15, 0.2) is 6.29 Å². The van der Waals surface area contributed by atoms with Crippen LogP contribution in [0.15, 0.2) is 0 Å². The molecule has 1 unspecified atom stereocenters. The molecule has 0 bridgehead atoms. The Hall–Kier alpha value is -0.160. The molecule has 1 rings (SSSR count). The Kier molecular flexibility index (Phi) is 8.59. The largest absolute Gasteiger partial charge is 0.396 e. The van der Waals surface area contributed by atoms with Gasteiger partial charge in [0.05, 0.1) is 0 Å². The summed E-state index contributed by atoms with van der Waals surface area (Å²) < 4.78 is 11.1. The van der Waals surface area contributed by atoms with E-state index in [4.69, 9.17) is 14.6 Å². The maximum Gasteiger partial charge on any atom is 0.158 e.